The molecule has 1 saturated carbocycles. The van der Waals surface area contributed by atoms with Crippen molar-refractivity contribution < 1.29 is 4.79 Å². The highest BCUT2D eigenvalue weighted by Crippen LogP contribution is 2.33. The van der Waals surface area contributed by atoms with Crippen molar-refractivity contribution in [2.24, 2.45) is 0 Å². The number of nitrogens with one attached hydrogen (secondary N) is 2. The van der Waals surface area contributed by atoms with E-state index >= 15 is 0 Å². The molecule has 0 bridgehead atoms. The van der Waals surface area contributed by atoms with E-state index in [0.717, 1.165) is 23.8 Å². The van der Waals surface area contributed by atoms with Crippen molar-refractivity contribution in [3.05, 3.63) is 57.5 Å². The zero-order valence-corrected chi connectivity index (χ0v) is 13.5. The second-order valence-electron chi connectivity index (χ2n) is 6.25. The van der Waals surface area contributed by atoms with Crippen molar-refractivity contribution in [1.29, 1.82) is 5.26 Å². The van der Waals surface area contributed by atoms with Crippen LogP contribution in [0, 0.1) is 18.3 Å². The third-order valence-corrected chi connectivity index (χ3v) is 4.40. The minimum atomic E-state index is -0.329. The number of aromatic nitrogens is 3. The minimum absolute atomic E-state index is 0.0936. The number of H-pyrrole nitrogens is 1. The average Bonchev–Trinajstić information content (AvgIpc) is 3.38. The monoisotopic (exact) mass is 333 g/mol. The number of anilines is 1. The number of aromatic amines is 1. The largest absolute Gasteiger partial charge is 0.312 e. The van der Waals surface area contributed by atoms with Gasteiger partial charge >= 0.3 is 0 Å². The van der Waals surface area contributed by atoms with Gasteiger partial charge in [0.05, 0.1) is 22.7 Å². The van der Waals surface area contributed by atoms with Gasteiger partial charge in [0.25, 0.3) is 11.5 Å². The number of rotatable bonds is 3. The summed E-state index contributed by atoms with van der Waals surface area (Å²) >= 11 is 0. The zero-order chi connectivity index (χ0) is 17.6. The van der Waals surface area contributed by atoms with Gasteiger partial charge in [-0.1, -0.05) is 0 Å². The van der Waals surface area contributed by atoms with Crippen LogP contribution in [-0.2, 0) is 0 Å². The third-order valence-electron chi connectivity index (χ3n) is 4.40. The number of carbonyl (C=O) groups excluding carboxylic acids is 1. The Morgan fingerprint density at radius 2 is 2.20 bits per heavy atom. The fourth-order valence-electron chi connectivity index (χ4n) is 2.84. The standard InChI is InChI=1S/C18H15N5O2/c1-10-6-14-15(7-12(10)8-19)21-22-17(14)20-18(25)11-2-5-16(24)23(9-11)13-3-4-13/h2,5-7,9,13H,3-4H2,1H3,(H2,20,21,22,25). The quantitative estimate of drug-likeness (QED) is 0.768. The summed E-state index contributed by atoms with van der Waals surface area (Å²) in [4.78, 5) is 24.4. The van der Waals surface area contributed by atoms with Gasteiger partial charge in [0.15, 0.2) is 5.82 Å². The number of pyridine rings is 1. The number of hydrogen-bond acceptors (Lipinski definition) is 4. The highest BCUT2D eigenvalue weighted by atomic mass is 16.2. The van der Waals surface area contributed by atoms with Crippen molar-refractivity contribution in [2.45, 2.75) is 25.8 Å². The molecule has 124 valence electrons. The first kappa shape index (κ1) is 15.1. The predicted molar refractivity (Wildman–Crippen MR) is 92.5 cm³/mol. The summed E-state index contributed by atoms with van der Waals surface area (Å²) < 4.78 is 1.61. The molecular weight excluding hydrogens is 318 g/mol. The van der Waals surface area contributed by atoms with Gasteiger partial charge in [-0.3, -0.25) is 14.7 Å². The molecule has 7 nitrogen and oxygen atoms in total. The molecule has 3 aromatic rings. The molecule has 1 amide bonds. The minimum Gasteiger partial charge on any atom is -0.312 e. The molecule has 0 aliphatic heterocycles. The number of amides is 1. The Hall–Kier alpha value is -3.40. The van der Waals surface area contributed by atoms with E-state index in [0.29, 0.717) is 22.5 Å². The molecule has 25 heavy (non-hydrogen) atoms. The van der Waals surface area contributed by atoms with E-state index in [1.54, 1.807) is 16.8 Å². The molecule has 0 saturated heterocycles. The number of benzene rings is 1. The molecule has 1 fully saturated rings. The maximum atomic E-state index is 12.5. The number of nitrogens with zero attached hydrogens (tertiary/aromatic N) is 3. The Morgan fingerprint density at radius 3 is 2.92 bits per heavy atom. The van der Waals surface area contributed by atoms with Gasteiger partial charge in [-0.2, -0.15) is 10.4 Å². The molecule has 1 aliphatic rings. The van der Waals surface area contributed by atoms with Crippen molar-refractivity contribution in [3.63, 3.8) is 0 Å². The van der Waals surface area contributed by atoms with Crippen LogP contribution in [0.3, 0.4) is 0 Å². The molecular formula is C18H15N5O2. The molecule has 1 aliphatic carbocycles. The summed E-state index contributed by atoms with van der Waals surface area (Å²) in [7, 11) is 0. The van der Waals surface area contributed by atoms with Crippen molar-refractivity contribution >= 4 is 22.6 Å². The molecule has 0 atom stereocenters. The van der Waals surface area contributed by atoms with Crippen molar-refractivity contribution in [3.8, 4) is 6.07 Å². The lowest BCUT2D eigenvalue weighted by atomic mass is 10.1. The Balaban J connectivity index is 1.66. The van der Waals surface area contributed by atoms with Crippen LogP contribution in [0.15, 0.2) is 35.3 Å². The van der Waals surface area contributed by atoms with E-state index in [1.165, 1.54) is 12.1 Å². The molecule has 2 aromatic heterocycles. The topological polar surface area (TPSA) is 104 Å². The Kier molecular flexibility index (Phi) is 3.39. The molecule has 1 aromatic carbocycles. The molecule has 2 heterocycles. The van der Waals surface area contributed by atoms with Gasteiger partial charge in [0.2, 0.25) is 0 Å². The molecule has 0 spiro atoms. The van der Waals surface area contributed by atoms with Gasteiger partial charge < -0.3 is 9.88 Å². The second kappa shape index (κ2) is 5.60. The lowest BCUT2D eigenvalue weighted by Crippen LogP contribution is -2.21. The number of hydrogen-bond donors (Lipinski definition) is 2. The molecule has 0 radical (unpaired) electrons. The van der Waals surface area contributed by atoms with Crippen LogP contribution < -0.4 is 10.9 Å². The molecule has 2 N–H and O–H groups in total. The molecule has 4 rings (SSSR count). The number of aryl methyl sites for hydroxylation is 1. The van der Waals surface area contributed by atoms with Gasteiger partial charge in [0.1, 0.15) is 0 Å². The molecule has 7 heteroatoms. The highest BCUT2D eigenvalue weighted by Gasteiger charge is 2.25. The van der Waals surface area contributed by atoms with E-state index in [1.807, 2.05) is 13.0 Å². The smallest absolute Gasteiger partial charge is 0.258 e. The lowest BCUT2D eigenvalue weighted by Gasteiger charge is -2.07. The summed E-state index contributed by atoms with van der Waals surface area (Å²) in [5.74, 6) is 0.0709. The first-order valence-corrected chi connectivity index (χ1v) is 7.99. The molecule has 0 unspecified atom stereocenters. The average molecular weight is 333 g/mol. The van der Waals surface area contributed by atoms with Crippen LogP contribution in [0.1, 0.15) is 40.4 Å². The van der Waals surface area contributed by atoms with Crippen LogP contribution in [0.5, 0.6) is 0 Å². The van der Waals surface area contributed by atoms with E-state index in [4.69, 9.17) is 5.26 Å². The lowest BCUT2D eigenvalue weighted by molar-refractivity contribution is 0.102. The van der Waals surface area contributed by atoms with Crippen LogP contribution in [0.4, 0.5) is 5.82 Å². The summed E-state index contributed by atoms with van der Waals surface area (Å²) in [6.45, 7) is 1.84. The first-order valence-electron chi connectivity index (χ1n) is 7.99. The normalized spacial score (nSPS) is 13.6. The fraction of sp³-hybridized carbons (Fsp3) is 0.222. The Morgan fingerprint density at radius 1 is 1.40 bits per heavy atom. The van der Waals surface area contributed by atoms with Crippen LogP contribution in [0.2, 0.25) is 0 Å². The van der Waals surface area contributed by atoms with Gasteiger partial charge in [-0.15, -0.1) is 0 Å². The Bertz CT molecular complexity index is 1100. The summed E-state index contributed by atoms with van der Waals surface area (Å²) in [5.41, 5.74) is 2.37. The van der Waals surface area contributed by atoms with E-state index in [9.17, 15) is 9.59 Å². The van der Waals surface area contributed by atoms with Crippen molar-refractivity contribution in [1.82, 2.24) is 14.8 Å². The summed E-state index contributed by atoms with van der Waals surface area (Å²) in [6.07, 6.45) is 3.54. The third kappa shape index (κ3) is 2.68. The van der Waals surface area contributed by atoms with Gasteiger partial charge in [-0.25, -0.2) is 0 Å². The van der Waals surface area contributed by atoms with Crippen molar-refractivity contribution in [2.75, 3.05) is 5.32 Å². The van der Waals surface area contributed by atoms with Crippen LogP contribution >= 0.6 is 0 Å². The van der Waals surface area contributed by atoms with Gasteiger partial charge in [-0.05, 0) is 43.5 Å². The SMILES string of the molecule is Cc1cc2c(NC(=O)c3ccc(=O)n(C4CC4)c3)n[nH]c2cc1C#N. The Labute approximate surface area is 142 Å². The van der Waals surface area contributed by atoms with Crippen LogP contribution in [0.25, 0.3) is 10.9 Å². The number of nitriles is 1. The second-order valence-corrected chi connectivity index (χ2v) is 6.25. The van der Waals surface area contributed by atoms with Crippen LogP contribution in [-0.4, -0.2) is 20.7 Å². The van der Waals surface area contributed by atoms with E-state index in [-0.39, 0.29) is 17.5 Å². The van der Waals surface area contributed by atoms with Gasteiger partial charge in [0, 0.05) is 23.7 Å². The maximum absolute atomic E-state index is 12.5. The summed E-state index contributed by atoms with van der Waals surface area (Å²) in [5, 5.41) is 19.6. The zero-order valence-electron chi connectivity index (χ0n) is 13.5. The summed E-state index contributed by atoms with van der Waals surface area (Å²) in [6, 6.07) is 8.79. The highest BCUT2D eigenvalue weighted by molar-refractivity contribution is 6.07. The predicted octanol–water partition coefficient (Wildman–Crippen LogP) is 2.49. The van der Waals surface area contributed by atoms with E-state index in [2.05, 4.69) is 21.6 Å². The fourth-order valence-corrected chi connectivity index (χ4v) is 2.84. The van der Waals surface area contributed by atoms with E-state index < -0.39 is 0 Å². The number of carbonyl (C=O) groups is 1. The number of fused-ring (bicyclic) bond motifs is 1. The first-order chi connectivity index (χ1) is 12.1. The maximum Gasteiger partial charge on any atom is 0.258 e.